The fourth-order valence-corrected chi connectivity index (χ4v) is 18.6. The van der Waals surface area contributed by atoms with Gasteiger partial charge in [0.2, 0.25) is 35.4 Å². The second-order valence-corrected chi connectivity index (χ2v) is 31.6. The molecule has 1 saturated carbocycles. The predicted octanol–water partition coefficient (Wildman–Crippen LogP) is 11.6. The molecule has 6 aromatic carbocycles. The molecule has 6 aromatic rings. The molecule has 5 aliphatic rings. The number of ketones is 1. The Morgan fingerprint density at radius 3 is 1.16 bits per heavy atom. The average molecular weight is 1500 g/mol. The largest absolute Gasteiger partial charge is 0.353 e. The van der Waals surface area contributed by atoms with E-state index in [0.29, 0.717) is 150 Å². The molecule has 7 amide bonds. The molecule has 1 aliphatic carbocycles. The molecular weight excluding hydrogens is 1380 g/mol. The zero-order chi connectivity index (χ0) is 77.2. The van der Waals surface area contributed by atoms with E-state index in [1.807, 2.05) is 172 Å². The monoisotopic (exact) mass is 1500 g/mol. The number of unbranched alkanes of at least 4 members (excludes halogenated alkanes) is 3. The van der Waals surface area contributed by atoms with Gasteiger partial charge in [0, 0.05) is 38.1 Å². The molecule has 110 heavy (non-hydrogen) atoms. The minimum absolute atomic E-state index is 0.102. The lowest BCUT2D eigenvalue weighted by atomic mass is 9.76. The van der Waals surface area contributed by atoms with Gasteiger partial charge in [-0.1, -0.05) is 254 Å². The second kappa shape index (κ2) is 40.9. The van der Waals surface area contributed by atoms with E-state index in [2.05, 4.69) is 72.1 Å². The van der Waals surface area contributed by atoms with Gasteiger partial charge in [-0.05, 0) is 174 Å². The molecule has 9 N–H and O–H groups in total. The molecule has 19 heteroatoms. The SMILES string of the molecule is CC[C@H](NC)C(=O)N[C@@H]1C(=O)N2C(C(=O)NC(C(=O)NCCCCC3CCC(CCCCCC(=O)C(NC(=O)[C@@H]4CC[C@@H]5CC[C@H](CCNCc6ccccc6)[C@H](NC(=O)[C@H](CC)NC)C(=O)N54)(c4ccccc4)c4ccccc4)CC3)(c3ccccc3)c3ccccc3)CC[C@@H]2CC[C@@H]1CCNCc1ccccc1. The van der Waals surface area contributed by atoms with Crippen molar-refractivity contribution in [1.29, 1.82) is 0 Å². The molecule has 4 aliphatic heterocycles. The van der Waals surface area contributed by atoms with Gasteiger partial charge in [-0.25, -0.2) is 0 Å². The first-order valence-corrected chi connectivity index (χ1v) is 41.5. The Morgan fingerprint density at radius 2 is 0.773 bits per heavy atom. The van der Waals surface area contributed by atoms with E-state index in [-0.39, 0.29) is 71.6 Å². The molecule has 0 bridgehead atoms. The molecule has 0 spiro atoms. The summed E-state index contributed by atoms with van der Waals surface area (Å²) < 4.78 is 0. The average Bonchev–Trinajstić information content (AvgIpc) is 0.931. The molecule has 0 radical (unpaired) electrons. The van der Waals surface area contributed by atoms with E-state index in [1.165, 1.54) is 5.56 Å². The van der Waals surface area contributed by atoms with Crippen LogP contribution >= 0.6 is 0 Å². The summed E-state index contributed by atoms with van der Waals surface area (Å²) in [5.74, 6) is -1.34. The van der Waals surface area contributed by atoms with Crippen LogP contribution in [-0.2, 0) is 62.5 Å². The first-order chi connectivity index (χ1) is 53.7. The van der Waals surface area contributed by atoms with Crippen LogP contribution in [-0.4, -0.2) is 139 Å². The van der Waals surface area contributed by atoms with Crippen molar-refractivity contribution in [2.45, 2.75) is 240 Å². The highest BCUT2D eigenvalue weighted by Gasteiger charge is 2.53. The van der Waals surface area contributed by atoms with Crippen molar-refractivity contribution in [3.8, 4) is 0 Å². The van der Waals surface area contributed by atoms with Crippen LogP contribution in [0.3, 0.4) is 0 Å². The van der Waals surface area contributed by atoms with Gasteiger partial charge in [0.15, 0.2) is 11.3 Å². The van der Waals surface area contributed by atoms with Crippen molar-refractivity contribution in [1.82, 2.24) is 57.7 Å². The zero-order valence-corrected chi connectivity index (χ0v) is 65.4. The number of hydrogen-bond acceptors (Lipinski definition) is 12. The number of nitrogens with one attached hydrogen (secondary N) is 9. The summed E-state index contributed by atoms with van der Waals surface area (Å²) in [5, 5.41) is 29.7. The Bertz CT molecular complexity index is 3570. The van der Waals surface area contributed by atoms with E-state index in [4.69, 9.17) is 0 Å². The lowest BCUT2D eigenvalue weighted by Gasteiger charge is -2.38. The Balaban J connectivity index is 0.678. The normalized spacial score (nSPS) is 22.7. The van der Waals surface area contributed by atoms with E-state index < -0.39 is 53.2 Å². The predicted molar refractivity (Wildman–Crippen MR) is 432 cm³/mol. The van der Waals surface area contributed by atoms with Crippen molar-refractivity contribution >= 4 is 47.1 Å². The van der Waals surface area contributed by atoms with Crippen molar-refractivity contribution < 1.29 is 38.4 Å². The number of fused-ring (bicyclic) bond motifs is 2. The summed E-state index contributed by atoms with van der Waals surface area (Å²) >= 11 is 0. The van der Waals surface area contributed by atoms with Crippen molar-refractivity contribution in [3.05, 3.63) is 215 Å². The molecule has 4 heterocycles. The minimum atomic E-state index is -1.63. The topological polar surface area (TPSA) is 251 Å². The number of likely N-dealkylation sites (N-methyl/N-ethyl adjacent to an activating group) is 2. The van der Waals surface area contributed by atoms with Gasteiger partial charge in [0.1, 0.15) is 29.7 Å². The maximum atomic E-state index is 15.4. The Morgan fingerprint density at radius 1 is 0.409 bits per heavy atom. The summed E-state index contributed by atoms with van der Waals surface area (Å²) in [5.41, 5.74) is 1.72. The van der Waals surface area contributed by atoms with Crippen molar-refractivity contribution in [3.63, 3.8) is 0 Å². The van der Waals surface area contributed by atoms with Crippen LogP contribution in [0.1, 0.15) is 201 Å². The Kier molecular flexibility index (Phi) is 30.5. The smallest absolute Gasteiger partial charge is 0.255 e. The van der Waals surface area contributed by atoms with Gasteiger partial charge in [0.05, 0.1) is 12.1 Å². The molecule has 11 rings (SSSR count). The molecule has 19 nitrogen and oxygen atoms in total. The van der Waals surface area contributed by atoms with Gasteiger partial charge in [-0.3, -0.25) is 38.4 Å². The van der Waals surface area contributed by atoms with Crippen LogP contribution < -0.4 is 47.9 Å². The lowest BCUT2D eigenvalue weighted by Crippen LogP contribution is -2.62. The van der Waals surface area contributed by atoms with Crippen LogP contribution in [0.25, 0.3) is 0 Å². The Labute approximate surface area is 653 Å². The third kappa shape index (κ3) is 20.2. The Hall–Kier alpha value is -8.88. The van der Waals surface area contributed by atoms with Gasteiger partial charge in [0.25, 0.3) is 5.91 Å². The number of amides is 7. The van der Waals surface area contributed by atoms with Crippen LogP contribution in [0, 0.1) is 23.7 Å². The number of carbonyl (C=O) groups is 8. The van der Waals surface area contributed by atoms with Crippen molar-refractivity contribution in [2.75, 3.05) is 33.7 Å². The van der Waals surface area contributed by atoms with Crippen molar-refractivity contribution in [2.24, 2.45) is 23.7 Å². The second-order valence-electron chi connectivity index (χ2n) is 31.6. The van der Waals surface area contributed by atoms with E-state index in [9.17, 15) is 9.59 Å². The third-order valence-electron chi connectivity index (χ3n) is 24.8. The van der Waals surface area contributed by atoms with E-state index in [0.717, 1.165) is 69.8 Å². The molecule has 0 aromatic heterocycles. The van der Waals surface area contributed by atoms with Crippen LogP contribution in [0.5, 0.6) is 0 Å². The molecule has 10 atom stereocenters. The number of carbonyl (C=O) groups excluding carboxylic acids is 8. The van der Waals surface area contributed by atoms with Crippen LogP contribution in [0.15, 0.2) is 182 Å². The molecule has 5 fully saturated rings. The number of Topliss-reactive ketones (excluding diaryl/α,β-unsaturated/α-hetero) is 1. The number of nitrogens with zero attached hydrogens (tertiary/aromatic N) is 2. The summed E-state index contributed by atoms with van der Waals surface area (Å²) in [4.78, 5) is 123. The number of rotatable bonds is 39. The molecular formula is C91H121N11O8. The zero-order valence-electron chi connectivity index (χ0n) is 65.4. The maximum absolute atomic E-state index is 15.4. The quantitative estimate of drug-likeness (QED) is 0.0164. The maximum Gasteiger partial charge on any atom is 0.255 e. The van der Waals surface area contributed by atoms with Crippen LogP contribution in [0.2, 0.25) is 0 Å². The summed E-state index contributed by atoms with van der Waals surface area (Å²) in [6.45, 7) is 6.96. The minimum Gasteiger partial charge on any atom is -0.353 e. The third-order valence-corrected chi connectivity index (χ3v) is 24.8. The van der Waals surface area contributed by atoms with E-state index >= 15 is 28.8 Å². The van der Waals surface area contributed by atoms with Crippen LogP contribution in [0.4, 0.5) is 0 Å². The van der Waals surface area contributed by atoms with Gasteiger partial charge in [-0.2, -0.15) is 0 Å². The first-order valence-electron chi connectivity index (χ1n) is 41.5. The highest BCUT2D eigenvalue weighted by molar-refractivity contribution is 6.01. The number of hydrogen-bond donors (Lipinski definition) is 9. The fraction of sp³-hybridized carbons (Fsp3) is 0.516. The van der Waals surface area contributed by atoms with Gasteiger partial charge >= 0.3 is 0 Å². The number of benzene rings is 6. The van der Waals surface area contributed by atoms with E-state index in [1.54, 1.807) is 23.9 Å². The first kappa shape index (κ1) is 82.1. The summed E-state index contributed by atoms with van der Waals surface area (Å²) in [6, 6.07) is 53.5. The standard InChI is InChI=1S/C91H121N11O8/c1-5-76(92-3)83(104)97-81-68(57-60-94-62-66-32-15-7-16-33-66)49-51-74-53-55-78(101(74)87(81)108)85(106)99-90(70-36-19-10-20-37-70,71-38-21-11-22-39-71)80(103)44-27-9-14-30-64-45-47-65(48-46-64)31-28-29-59-96-89(110)91(72-40-23-12-24-41-72,73-42-25-13-26-43-73)100-86(107)79-56-54-75-52-50-69(58-61-95-63-67-34-17-8-18-35-67)82(88(109)102(75)79)98-84(105)77(6-2)93-4/h7-8,10-13,15-26,32-43,64-65,68-69,74-79,81-82,92-95H,5-6,9,14,27-31,44-63H2,1-4H3,(H,96,110)(H,97,104)(H,98,105)(H,99,106)(H,100,107)/t64?,65?,68-,69-,74+,75+,76+,77+,78+,79?,81+,82+/m1/s1. The molecule has 588 valence electrons. The molecule has 4 saturated heterocycles. The lowest BCUT2D eigenvalue weighted by molar-refractivity contribution is -0.145. The van der Waals surface area contributed by atoms with Gasteiger partial charge < -0.3 is 57.7 Å². The summed E-state index contributed by atoms with van der Waals surface area (Å²) in [7, 11) is 3.50. The van der Waals surface area contributed by atoms with Gasteiger partial charge in [-0.15, -0.1) is 0 Å². The highest BCUT2D eigenvalue weighted by Crippen LogP contribution is 2.41. The highest BCUT2D eigenvalue weighted by atomic mass is 16.2. The fourth-order valence-electron chi connectivity index (χ4n) is 18.6. The summed E-state index contributed by atoms with van der Waals surface area (Å²) in [6.07, 6.45) is 18.6. The molecule has 1 unspecified atom stereocenters.